The third-order valence-corrected chi connectivity index (χ3v) is 6.64. The summed E-state index contributed by atoms with van der Waals surface area (Å²) in [4.78, 5) is 5.99. The van der Waals surface area contributed by atoms with E-state index in [0.29, 0.717) is 5.92 Å². The Hall–Kier alpha value is -2.50. The van der Waals surface area contributed by atoms with E-state index >= 15 is 0 Å². The first-order chi connectivity index (χ1) is 14.5. The molecule has 1 unspecified atom stereocenters. The molecule has 3 aromatic rings. The Morgan fingerprint density at radius 2 is 1.80 bits per heavy atom. The highest BCUT2D eigenvalue weighted by molar-refractivity contribution is 5.91. The van der Waals surface area contributed by atoms with Crippen LogP contribution in [0, 0.1) is 6.92 Å². The minimum absolute atomic E-state index is 0.234. The van der Waals surface area contributed by atoms with E-state index in [-0.39, 0.29) is 12.6 Å². The maximum atomic E-state index is 9.42. The number of aliphatic hydroxyl groups is 1. The number of nitrogens with one attached hydrogen (secondary N) is 1. The van der Waals surface area contributed by atoms with Crippen LogP contribution in [-0.4, -0.2) is 54.9 Å². The maximum absolute atomic E-state index is 9.42. The molecule has 2 heterocycles. The zero-order valence-electron chi connectivity index (χ0n) is 18.4. The summed E-state index contributed by atoms with van der Waals surface area (Å²) < 4.78 is 10.9. The molecular formula is C25H32N2O3. The van der Waals surface area contributed by atoms with Gasteiger partial charge in [-0.3, -0.25) is 4.90 Å². The molecule has 1 saturated heterocycles. The predicted octanol–water partition coefficient (Wildman–Crippen LogP) is 4.72. The van der Waals surface area contributed by atoms with Gasteiger partial charge >= 0.3 is 0 Å². The van der Waals surface area contributed by atoms with Crippen molar-refractivity contribution in [3.05, 3.63) is 47.5 Å². The summed E-state index contributed by atoms with van der Waals surface area (Å²) in [5.41, 5.74) is 6.04. The molecule has 1 fully saturated rings. The summed E-state index contributed by atoms with van der Waals surface area (Å²) in [6.07, 6.45) is 2.28. The van der Waals surface area contributed by atoms with Crippen LogP contribution in [0.5, 0.6) is 11.5 Å². The number of H-pyrrole nitrogens is 1. The first-order valence-electron chi connectivity index (χ1n) is 10.7. The van der Waals surface area contributed by atoms with Gasteiger partial charge in [-0.1, -0.05) is 6.07 Å². The minimum Gasteiger partial charge on any atom is -0.493 e. The van der Waals surface area contributed by atoms with E-state index in [0.717, 1.165) is 54.2 Å². The lowest BCUT2D eigenvalue weighted by Gasteiger charge is -2.35. The highest BCUT2D eigenvalue weighted by Crippen LogP contribution is 2.37. The van der Waals surface area contributed by atoms with Gasteiger partial charge in [-0.25, -0.2) is 0 Å². The Morgan fingerprint density at radius 3 is 2.47 bits per heavy atom. The van der Waals surface area contributed by atoms with Crippen LogP contribution in [0.1, 0.15) is 36.8 Å². The lowest BCUT2D eigenvalue weighted by atomic mass is 9.88. The topological polar surface area (TPSA) is 57.7 Å². The molecule has 0 aliphatic carbocycles. The van der Waals surface area contributed by atoms with Gasteiger partial charge in [-0.15, -0.1) is 0 Å². The van der Waals surface area contributed by atoms with Gasteiger partial charge < -0.3 is 19.6 Å². The third kappa shape index (κ3) is 3.80. The highest BCUT2D eigenvalue weighted by atomic mass is 16.5. The lowest BCUT2D eigenvalue weighted by Crippen LogP contribution is -2.41. The fourth-order valence-electron chi connectivity index (χ4n) is 4.67. The molecule has 2 aromatic carbocycles. The number of aromatic nitrogens is 1. The van der Waals surface area contributed by atoms with Crippen molar-refractivity contribution in [2.45, 2.75) is 38.6 Å². The number of hydrogen-bond acceptors (Lipinski definition) is 4. The Kier molecular flexibility index (Phi) is 6.02. The van der Waals surface area contributed by atoms with Crippen LogP contribution < -0.4 is 9.47 Å². The fraction of sp³-hybridized carbons (Fsp3) is 0.440. The molecule has 160 valence electrons. The van der Waals surface area contributed by atoms with E-state index in [1.54, 1.807) is 14.2 Å². The van der Waals surface area contributed by atoms with Gasteiger partial charge in [0.2, 0.25) is 0 Å². The largest absolute Gasteiger partial charge is 0.493 e. The summed E-state index contributed by atoms with van der Waals surface area (Å²) in [5.74, 6) is 2.05. The van der Waals surface area contributed by atoms with E-state index < -0.39 is 0 Å². The quantitative estimate of drug-likeness (QED) is 0.620. The molecule has 1 atom stereocenters. The van der Waals surface area contributed by atoms with E-state index in [2.05, 4.69) is 48.0 Å². The zero-order chi connectivity index (χ0) is 21.3. The standard InChI is InChI=1S/C25H32N2O3/c1-16(15-28)27-11-9-18(10-12-27)19-5-7-22-21(13-19)17(2)25(26-22)20-6-8-23(29-3)24(14-20)30-4/h5-8,13-14,16,18,26,28H,9-12,15H2,1-4H3. The van der Waals surface area contributed by atoms with E-state index in [1.807, 2.05) is 12.1 Å². The van der Waals surface area contributed by atoms with Crippen LogP contribution in [0.2, 0.25) is 0 Å². The van der Waals surface area contributed by atoms with Crippen LogP contribution in [0.15, 0.2) is 36.4 Å². The second kappa shape index (κ2) is 8.70. The SMILES string of the molecule is COc1ccc(-c2[nH]c3ccc(C4CCN(C(C)CO)CC4)cc3c2C)cc1OC. The molecular weight excluding hydrogens is 376 g/mol. The van der Waals surface area contributed by atoms with Gasteiger partial charge in [0.05, 0.1) is 20.8 Å². The van der Waals surface area contributed by atoms with Crippen molar-refractivity contribution in [3.8, 4) is 22.8 Å². The number of aryl methyl sites for hydroxylation is 1. The van der Waals surface area contributed by atoms with Crippen LogP contribution in [-0.2, 0) is 0 Å². The molecule has 0 bridgehead atoms. The van der Waals surface area contributed by atoms with Gasteiger partial charge in [0.25, 0.3) is 0 Å². The number of rotatable bonds is 6. The molecule has 0 radical (unpaired) electrons. The molecule has 5 nitrogen and oxygen atoms in total. The first kappa shape index (κ1) is 20.8. The Bertz CT molecular complexity index is 1020. The molecule has 5 heteroatoms. The second-order valence-electron chi connectivity index (χ2n) is 8.34. The Labute approximate surface area is 178 Å². The summed E-state index contributed by atoms with van der Waals surface area (Å²) in [5, 5.41) is 10.7. The number of nitrogens with zero attached hydrogens (tertiary/aromatic N) is 1. The van der Waals surface area contributed by atoms with E-state index in [4.69, 9.17) is 9.47 Å². The number of aliphatic hydroxyl groups excluding tert-OH is 1. The van der Waals surface area contributed by atoms with Gasteiger partial charge in [0.15, 0.2) is 11.5 Å². The molecule has 2 N–H and O–H groups in total. The van der Waals surface area contributed by atoms with Crippen molar-refractivity contribution in [1.29, 1.82) is 0 Å². The van der Waals surface area contributed by atoms with E-state index in [1.165, 1.54) is 16.5 Å². The number of fused-ring (bicyclic) bond motifs is 1. The van der Waals surface area contributed by atoms with Crippen molar-refractivity contribution < 1.29 is 14.6 Å². The van der Waals surface area contributed by atoms with Crippen LogP contribution in [0.4, 0.5) is 0 Å². The molecule has 0 spiro atoms. The Balaban J connectivity index is 1.62. The van der Waals surface area contributed by atoms with Crippen molar-refractivity contribution in [3.63, 3.8) is 0 Å². The number of benzene rings is 2. The minimum atomic E-state index is 0.234. The summed E-state index contributed by atoms with van der Waals surface area (Å²) in [6, 6.07) is 13.1. The number of piperidine rings is 1. The molecule has 30 heavy (non-hydrogen) atoms. The smallest absolute Gasteiger partial charge is 0.161 e. The number of likely N-dealkylation sites (tertiary alicyclic amines) is 1. The molecule has 1 aliphatic rings. The first-order valence-corrected chi connectivity index (χ1v) is 10.7. The van der Waals surface area contributed by atoms with Crippen LogP contribution in [0.25, 0.3) is 22.2 Å². The average Bonchev–Trinajstić information content (AvgIpc) is 3.14. The summed E-state index contributed by atoms with van der Waals surface area (Å²) in [7, 11) is 3.32. The number of ether oxygens (including phenoxy) is 2. The normalized spacial score (nSPS) is 16.7. The van der Waals surface area contributed by atoms with Crippen molar-refractivity contribution in [1.82, 2.24) is 9.88 Å². The van der Waals surface area contributed by atoms with Crippen molar-refractivity contribution in [2.75, 3.05) is 33.9 Å². The predicted molar refractivity (Wildman–Crippen MR) is 122 cm³/mol. The van der Waals surface area contributed by atoms with Gasteiger partial charge in [-0.05, 0) is 87.2 Å². The van der Waals surface area contributed by atoms with Gasteiger partial charge in [-0.2, -0.15) is 0 Å². The summed E-state index contributed by atoms with van der Waals surface area (Å²) >= 11 is 0. The van der Waals surface area contributed by atoms with Crippen LogP contribution in [0.3, 0.4) is 0 Å². The maximum Gasteiger partial charge on any atom is 0.161 e. The van der Waals surface area contributed by atoms with Crippen molar-refractivity contribution in [2.24, 2.45) is 0 Å². The highest BCUT2D eigenvalue weighted by Gasteiger charge is 2.24. The molecule has 4 rings (SSSR count). The van der Waals surface area contributed by atoms with Gasteiger partial charge in [0, 0.05) is 28.2 Å². The monoisotopic (exact) mass is 408 g/mol. The number of methoxy groups -OCH3 is 2. The summed E-state index contributed by atoms with van der Waals surface area (Å²) in [6.45, 7) is 6.62. The Morgan fingerprint density at radius 1 is 1.07 bits per heavy atom. The van der Waals surface area contributed by atoms with Gasteiger partial charge in [0.1, 0.15) is 0 Å². The molecule has 1 aliphatic heterocycles. The third-order valence-electron chi connectivity index (χ3n) is 6.64. The molecule has 1 aromatic heterocycles. The number of aromatic amines is 1. The number of hydrogen-bond donors (Lipinski definition) is 2. The van der Waals surface area contributed by atoms with Crippen molar-refractivity contribution >= 4 is 10.9 Å². The van der Waals surface area contributed by atoms with Crippen LogP contribution >= 0.6 is 0 Å². The average molecular weight is 409 g/mol. The fourth-order valence-corrected chi connectivity index (χ4v) is 4.67. The molecule has 0 amide bonds. The second-order valence-corrected chi connectivity index (χ2v) is 8.34. The van der Waals surface area contributed by atoms with E-state index in [9.17, 15) is 5.11 Å². The zero-order valence-corrected chi connectivity index (χ0v) is 18.4. The lowest BCUT2D eigenvalue weighted by molar-refractivity contribution is 0.108. The molecule has 0 saturated carbocycles.